The van der Waals surface area contributed by atoms with Crippen LogP contribution in [0.2, 0.25) is 0 Å². The van der Waals surface area contributed by atoms with Gasteiger partial charge in [0.25, 0.3) is 0 Å². The summed E-state index contributed by atoms with van der Waals surface area (Å²) in [6, 6.07) is 15.6. The van der Waals surface area contributed by atoms with E-state index in [1.165, 1.54) is 0 Å². The number of hydrogen-bond acceptors (Lipinski definition) is 3. The van der Waals surface area contributed by atoms with Gasteiger partial charge in [-0.05, 0) is 30.4 Å². The monoisotopic (exact) mass is 286 g/mol. The third-order valence-corrected chi connectivity index (χ3v) is 4.02. The summed E-state index contributed by atoms with van der Waals surface area (Å²) in [5.41, 5.74) is 1.89. The third kappa shape index (κ3) is 3.42. The van der Waals surface area contributed by atoms with Gasteiger partial charge in [0.1, 0.15) is 5.75 Å². The second-order valence-corrected chi connectivity index (χ2v) is 5.28. The van der Waals surface area contributed by atoms with E-state index in [4.69, 9.17) is 4.74 Å². The lowest BCUT2D eigenvalue weighted by atomic mass is 10.0. The van der Waals surface area contributed by atoms with Gasteiger partial charge in [0.2, 0.25) is 0 Å². The van der Waals surface area contributed by atoms with Gasteiger partial charge in [0, 0.05) is 16.9 Å². The topological polar surface area (TPSA) is 26.3 Å². The number of methoxy groups -OCH3 is 1. The molecule has 0 bridgehead atoms. The lowest BCUT2D eigenvalue weighted by molar-refractivity contribution is 0.0980. The number of Topliss-reactive ketones (excluding diaryl/α,β-unsaturated/α-hetero) is 1. The summed E-state index contributed by atoms with van der Waals surface area (Å²) in [7, 11) is 1.66. The zero-order valence-corrected chi connectivity index (χ0v) is 12.6. The van der Waals surface area contributed by atoms with Crippen molar-refractivity contribution in [2.75, 3.05) is 13.4 Å². The minimum atomic E-state index is 0.181. The number of rotatable bonds is 6. The van der Waals surface area contributed by atoms with E-state index in [2.05, 4.69) is 0 Å². The molecule has 0 saturated heterocycles. The van der Waals surface area contributed by atoms with Gasteiger partial charge < -0.3 is 4.74 Å². The maximum Gasteiger partial charge on any atom is 0.164 e. The predicted molar refractivity (Wildman–Crippen MR) is 83.9 cm³/mol. The quantitative estimate of drug-likeness (QED) is 0.587. The highest BCUT2D eigenvalue weighted by Crippen LogP contribution is 2.23. The van der Waals surface area contributed by atoms with Crippen LogP contribution in [0.4, 0.5) is 0 Å². The molecule has 2 rings (SSSR count). The molecule has 0 atom stereocenters. The van der Waals surface area contributed by atoms with Crippen LogP contribution in [0.5, 0.6) is 5.75 Å². The molecule has 0 amide bonds. The van der Waals surface area contributed by atoms with Crippen LogP contribution in [0.15, 0.2) is 53.4 Å². The van der Waals surface area contributed by atoms with Crippen molar-refractivity contribution in [3.63, 3.8) is 0 Å². The van der Waals surface area contributed by atoms with Crippen molar-refractivity contribution >= 4 is 17.5 Å². The van der Waals surface area contributed by atoms with Gasteiger partial charge >= 0.3 is 0 Å². The highest BCUT2D eigenvalue weighted by molar-refractivity contribution is 7.98. The molecule has 3 heteroatoms. The number of benzene rings is 2. The van der Waals surface area contributed by atoms with Crippen molar-refractivity contribution in [3.05, 3.63) is 59.7 Å². The van der Waals surface area contributed by atoms with Gasteiger partial charge in [-0.25, -0.2) is 0 Å². The summed E-state index contributed by atoms with van der Waals surface area (Å²) in [5.74, 6) is 1.03. The van der Waals surface area contributed by atoms with Gasteiger partial charge in [-0.3, -0.25) is 4.79 Å². The zero-order valence-electron chi connectivity index (χ0n) is 11.8. The van der Waals surface area contributed by atoms with Gasteiger partial charge in [0.05, 0.1) is 7.11 Å². The molecule has 2 aromatic rings. The molecule has 0 aliphatic heterocycles. The maximum atomic E-state index is 12.3. The molecule has 0 aliphatic rings. The first-order valence-corrected chi connectivity index (χ1v) is 7.77. The molecule has 0 N–H and O–H groups in total. The SMILES string of the molecule is COc1ccccc1CCC(=O)c1ccccc1SC. The van der Waals surface area contributed by atoms with E-state index in [-0.39, 0.29) is 5.78 Å². The number of carbonyl (C=O) groups excluding carboxylic acids is 1. The summed E-state index contributed by atoms with van der Waals surface area (Å²) in [4.78, 5) is 13.4. The van der Waals surface area contributed by atoms with Crippen LogP contribution in [-0.2, 0) is 6.42 Å². The first kappa shape index (κ1) is 14.7. The molecule has 2 nitrogen and oxygen atoms in total. The molecule has 0 unspecified atom stereocenters. The fraction of sp³-hybridized carbons (Fsp3) is 0.235. The average molecular weight is 286 g/mol. The second kappa shape index (κ2) is 7.15. The number of ether oxygens (including phenoxy) is 1. The number of thioether (sulfide) groups is 1. The normalized spacial score (nSPS) is 10.3. The molecule has 104 valence electrons. The van der Waals surface area contributed by atoms with Crippen LogP contribution in [0, 0.1) is 0 Å². The standard InChI is InChI=1S/C17H18O2S/c1-19-16-9-5-3-7-13(16)11-12-15(18)14-8-4-6-10-17(14)20-2/h3-10H,11-12H2,1-2H3. The van der Waals surface area contributed by atoms with Crippen LogP contribution in [0.1, 0.15) is 22.3 Å². The van der Waals surface area contributed by atoms with Gasteiger partial charge in [-0.15, -0.1) is 11.8 Å². The summed E-state index contributed by atoms with van der Waals surface area (Å²) in [6.07, 6.45) is 3.19. The Kier molecular flexibility index (Phi) is 5.24. The Morgan fingerprint density at radius 3 is 2.55 bits per heavy atom. The number of para-hydroxylation sites is 1. The molecule has 0 saturated carbocycles. The summed E-state index contributed by atoms with van der Waals surface area (Å²) in [5, 5.41) is 0. The molecule has 0 heterocycles. The van der Waals surface area contributed by atoms with E-state index < -0.39 is 0 Å². The van der Waals surface area contributed by atoms with E-state index >= 15 is 0 Å². The van der Waals surface area contributed by atoms with E-state index in [0.717, 1.165) is 21.8 Å². The largest absolute Gasteiger partial charge is 0.496 e. The van der Waals surface area contributed by atoms with Crippen molar-refractivity contribution in [2.24, 2.45) is 0 Å². The number of ketones is 1. The molecule has 2 aromatic carbocycles. The van der Waals surface area contributed by atoms with Crippen molar-refractivity contribution in [2.45, 2.75) is 17.7 Å². The van der Waals surface area contributed by atoms with Gasteiger partial charge in [-0.2, -0.15) is 0 Å². The Hall–Kier alpha value is -1.74. The zero-order chi connectivity index (χ0) is 14.4. The van der Waals surface area contributed by atoms with Crippen molar-refractivity contribution < 1.29 is 9.53 Å². The van der Waals surface area contributed by atoms with Crippen LogP contribution in [0.3, 0.4) is 0 Å². The highest BCUT2D eigenvalue weighted by atomic mass is 32.2. The summed E-state index contributed by atoms with van der Waals surface area (Å²) < 4.78 is 5.31. The van der Waals surface area contributed by atoms with Crippen LogP contribution >= 0.6 is 11.8 Å². The lowest BCUT2D eigenvalue weighted by Crippen LogP contribution is -2.03. The second-order valence-electron chi connectivity index (χ2n) is 4.44. The predicted octanol–water partition coefficient (Wildman–Crippen LogP) is 4.23. The highest BCUT2D eigenvalue weighted by Gasteiger charge is 2.11. The van der Waals surface area contributed by atoms with Crippen molar-refractivity contribution in [3.8, 4) is 5.75 Å². The fourth-order valence-corrected chi connectivity index (χ4v) is 2.78. The van der Waals surface area contributed by atoms with Gasteiger partial charge in [-0.1, -0.05) is 36.4 Å². The molecule has 0 aromatic heterocycles. The average Bonchev–Trinajstić information content (AvgIpc) is 2.52. The number of hydrogen-bond donors (Lipinski definition) is 0. The minimum Gasteiger partial charge on any atom is -0.496 e. The smallest absolute Gasteiger partial charge is 0.164 e. The first-order chi connectivity index (χ1) is 9.76. The van der Waals surface area contributed by atoms with Crippen molar-refractivity contribution in [1.29, 1.82) is 0 Å². The van der Waals surface area contributed by atoms with E-state index in [0.29, 0.717) is 12.8 Å². The third-order valence-electron chi connectivity index (χ3n) is 3.22. The van der Waals surface area contributed by atoms with Crippen molar-refractivity contribution in [1.82, 2.24) is 0 Å². The molecule has 0 aliphatic carbocycles. The van der Waals surface area contributed by atoms with Gasteiger partial charge in [0.15, 0.2) is 5.78 Å². The molecule has 0 fully saturated rings. The Morgan fingerprint density at radius 2 is 1.80 bits per heavy atom. The van der Waals surface area contributed by atoms with E-state index in [1.54, 1.807) is 18.9 Å². The van der Waals surface area contributed by atoms with E-state index in [1.807, 2.05) is 54.8 Å². The molecule has 0 radical (unpaired) electrons. The Bertz CT molecular complexity index is 593. The first-order valence-electron chi connectivity index (χ1n) is 6.54. The Morgan fingerprint density at radius 1 is 1.10 bits per heavy atom. The minimum absolute atomic E-state index is 0.181. The molecule has 20 heavy (non-hydrogen) atoms. The number of aryl methyl sites for hydroxylation is 1. The number of carbonyl (C=O) groups is 1. The fourth-order valence-electron chi connectivity index (χ4n) is 2.17. The van der Waals surface area contributed by atoms with Crippen LogP contribution in [-0.4, -0.2) is 19.1 Å². The van der Waals surface area contributed by atoms with Crippen LogP contribution < -0.4 is 4.74 Å². The Balaban J connectivity index is 2.09. The molecular weight excluding hydrogens is 268 g/mol. The summed E-state index contributed by atoms with van der Waals surface area (Å²) in [6.45, 7) is 0. The van der Waals surface area contributed by atoms with Crippen LogP contribution in [0.25, 0.3) is 0 Å². The molecule has 0 spiro atoms. The maximum absolute atomic E-state index is 12.3. The Labute approximate surface area is 124 Å². The molecular formula is C17H18O2S. The lowest BCUT2D eigenvalue weighted by Gasteiger charge is -2.09. The van der Waals surface area contributed by atoms with E-state index in [9.17, 15) is 4.79 Å². The summed E-state index contributed by atoms with van der Waals surface area (Å²) >= 11 is 1.61.